The lowest BCUT2D eigenvalue weighted by Crippen LogP contribution is -2.24. The number of rotatable bonds is 8. The number of ether oxygens (including phenoxy) is 2. The van der Waals surface area contributed by atoms with E-state index in [-0.39, 0.29) is 5.91 Å². The molecule has 0 saturated carbocycles. The first-order valence-electron chi connectivity index (χ1n) is 8.81. The molecule has 26 heavy (non-hydrogen) atoms. The van der Waals surface area contributed by atoms with Gasteiger partial charge >= 0.3 is 0 Å². The minimum atomic E-state index is -0.0298. The number of thiazole rings is 1. The first-order valence-corrected chi connectivity index (χ1v) is 9.69. The minimum Gasteiger partial charge on any atom is -0.493 e. The molecule has 1 aromatic heterocycles. The third-order valence-corrected chi connectivity index (χ3v) is 5.32. The summed E-state index contributed by atoms with van der Waals surface area (Å²) in [4.78, 5) is 19.2. The van der Waals surface area contributed by atoms with E-state index < -0.39 is 0 Å². The largest absolute Gasteiger partial charge is 0.493 e. The van der Waals surface area contributed by atoms with Crippen LogP contribution in [-0.4, -0.2) is 43.1 Å². The van der Waals surface area contributed by atoms with Gasteiger partial charge in [0.25, 0.3) is 0 Å². The van der Waals surface area contributed by atoms with Crippen LogP contribution in [0.2, 0.25) is 0 Å². The fourth-order valence-corrected chi connectivity index (χ4v) is 3.89. The SMILES string of the molecule is COc1ccc(CNC(=O)Cc2csc(CN3CCCC3)n2)cc1OC. The molecular weight excluding hydrogens is 350 g/mol. The second-order valence-electron chi connectivity index (χ2n) is 6.36. The zero-order valence-corrected chi connectivity index (χ0v) is 16.1. The van der Waals surface area contributed by atoms with Gasteiger partial charge in [0.15, 0.2) is 11.5 Å². The van der Waals surface area contributed by atoms with Gasteiger partial charge in [0.1, 0.15) is 5.01 Å². The Hall–Kier alpha value is -2.12. The fourth-order valence-electron chi connectivity index (χ4n) is 3.05. The van der Waals surface area contributed by atoms with E-state index in [9.17, 15) is 4.79 Å². The van der Waals surface area contributed by atoms with Crippen LogP contribution in [0.25, 0.3) is 0 Å². The van der Waals surface area contributed by atoms with Crippen molar-refractivity contribution in [2.45, 2.75) is 32.4 Å². The van der Waals surface area contributed by atoms with E-state index >= 15 is 0 Å². The maximum Gasteiger partial charge on any atom is 0.226 e. The minimum absolute atomic E-state index is 0.0298. The van der Waals surface area contributed by atoms with E-state index in [4.69, 9.17) is 9.47 Å². The van der Waals surface area contributed by atoms with Gasteiger partial charge in [-0.05, 0) is 43.6 Å². The quantitative estimate of drug-likeness (QED) is 0.768. The van der Waals surface area contributed by atoms with Crippen molar-refractivity contribution in [3.05, 3.63) is 39.8 Å². The number of methoxy groups -OCH3 is 2. The van der Waals surface area contributed by atoms with E-state index in [0.717, 1.165) is 35.9 Å². The number of carbonyl (C=O) groups excluding carboxylic acids is 1. The topological polar surface area (TPSA) is 63.7 Å². The molecule has 0 spiro atoms. The van der Waals surface area contributed by atoms with Gasteiger partial charge in [0, 0.05) is 11.9 Å². The molecule has 2 heterocycles. The van der Waals surface area contributed by atoms with E-state index in [1.54, 1.807) is 25.6 Å². The summed E-state index contributed by atoms with van der Waals surface area (Å²) in [5.74, 6) is 1.30. The molecule has 1 N–H and O–H groups in total. The highest BCUT2D eigenvalue weighted by atomic mass is 32.1. The molecule has 1 fully saturated rings. The zero-order valence-electron chi connectivity index (χ0n) is 15.3. The number of benzene rings is 1. The second-order valence-corrected chi connectivity index (χ2v) is 7.30. The van der Waals surface area contributed by atoms with E-state index in [2.05, 4.69) is 15.2 Å². The van der Waals surface area contributed by atoms with Crippen LogP contribution in [0.1, 0.15) is 29.1 Å². The van der Waals surface area contributed by atoms with Crippen molar-refractivity contribution >= 4 is 17.2 Å². The highest BCUT2D eigenvalue weighted by Crippen LogP contribution is 2.27. The lowest BCUT2D eigenvalue weighted by molar-refractivity contribution is -0.120. The third kappa shape index (κ3) is 4.95. The first kappa shape index (κ1) is 18.7. The summed E-state index contributed by atoms with van der Waals surface area (Å²) in [7, 11) is 3.20. The van der Waals surface area contributed by atoms with Crippen molar-refractivity contribution in [3.8, 4) is 11.5 Å². The molecule has 0 bridgehead atoms. The van der Waals surface area contributed by atoms with Crippen LogP contribution in [0.4, 0.5) is 0 Å². The van der Waals surface area contributed by atoms with Gasteiger partial charge in [-0.3, -0.25) is 9.69 Å². The summed E-state index contributed by atoms with van der Waals surface area (Å²) in [5, 5.41) is 6.02. The Morgan fingerprint density at radius 3 is 2.73 bits per heavy atom. The molecule has 0 unspecified atom stereocenters. The molecule has 2 aromatic rings. The molecule has 1 saturated heterocycles. The van der Waals surface area contributed by atoms with Gasteiger partial charge in [-0.1, -0.05) is 6.07 Å². The van der Waals surface area contributed by atoms with Gasteiger partial charge in [-0.15, -0.1) is 11.3 Å². The molecular formula is C19H25N3O3S. The predicted octanol–water partition coefficient (Wildman–Crippen LogP) is 2.62. The van der Waals surface area contributed by atoms with Crippen molar-refractivity contribution < 1.29 is 14.3 Å². The molecule has 1 aliphatic rings. The Kier molecular flexibility index (Phi) is 6.46. The molecule has 1 amide bonds. The Morgan fingerprint density at radius 2 is 2.00 bits per heavy atom. The summed E-state index contributed by atoms with van der Waals surface area (Å²) in [6, 6.07) is 5.63. The number of amides is 1. The number of nitrogens with zero attached hydrogens (tertiary/aromatic N) is 2. The summed E-state index contributed by atoms with van der Waals surface area (Å²) < 4.78 is 10.5. The average Bonchev–Trinajstić information content (AvgIpc) is 3.32. The Bertz CT molecular complexity index is 741. The zero-order chi connectivity index (χ0) is 18.4. The lowest BCUT2D eigenvalue weighted by atomic mass is 10.2. The summed E-state index contributed by atoms with van der Waals surface area (Å²) in [5.41, 5.74) is 1.80. The maximum absolute atomic E-state index is 12.2. The lowest BCUT2D eigenvalue weighted by Gasteiger charge is -2.11. The van der Waals surface area contributed by atoms with Crippen LogP contribution < -0.4 is 14.8 Å². The van der Waals surface area contributed by atoms with Crippen molar-refractivity contribution in [2.24, 2.45) is 0 Å². The molecule has 0 aliphatic carbocycles. The van der Waals surface area contributed by atoms with Gasteiger partial charge in [0.05, 0.1) is 32.9 Å². The van der Waals surface area contributed by atoms with Gasteiger partial charge < -0.3 is 14.8 Å². The standard InChI is InChI=1S/C19H25N3O3S/c1-24-16-6-5-14(9-17(16)25-2)11-20-18(23)10-15-13-26-19(21-15)12-22-7-3-4-8-22/h5-6,9,13H,3-4,7-8,10-12H2,1-2H3,(H,20,23). The summed E-state index contributed by atoms with van der Waals surface area (Å²) in [6.07, 6.45) is 2.86. The normalized spacial score (nSPS) is 14.4. The molecule has 0 radical (unpaired) electrons. The van der Waals surface area contributed by atoms with Gasteiger partial charge in [-0.25, -0.2) is 4.98 Å². The van der Waals surface area contributed by atoms with Crippen LogP contribution in [0.15, 0.2) is 23.6 Å². The van der Waals surface area contributed by atoms with E-state index in [0.29, 0.717) is 24.5 Å². The van der Waals surface area contributed by atoms with Gasteiger partial charge in [-0.2, -0.15) is 0 Å². The van der Waals surface area contributed by atoms with Crippen LogP contribution in [0, 0.1) is 0 Å². The molecule has 1 aromatic carbocycles. The fraction of sp³-hybridized carbons (Fsp3) is 0.474. The van der Waals surface area contributed by atoms with Crippen LogP contribution in [-0.2, 0) is 24.3 Å². The van der Waals surface area contributed by atoms with Crippen molar-refractivity contribution in [2.75, 3.05) is 27.3 Å². The maximum atomic E-state index is 12.2. The predicted molar refractivity (Wildman–Crippen MR) is 102 cm³/mol. The van der Waals surface area contributed by atoms with Crippen molar-refractivity contribution in [1.82, 2.24) is 15.2 Å². The molecule has 7 heteroatoms. The first-order chi connectivity index (χ1) is 12.7. The van der Waals surface area contributed by atoms with Crippen LogP contribution in [0.5, 0.6) is 11.5 Å². The highest BCUT2D eigenvalue weighted by molar-refractivity contribution is 7.09. The second kappa shape index (κ2) is 9.00. The molecule has 0 atom stereocenters. The summed E-state index contributed by atoms with van der Waals surface area (Å²) in [6.45, 7) is 3.66. The van der Waals surface area contributed by atoms with E-state index in [1.807, 2.05) is 23.6 Å². The smallest absolute Gasteiger partial charge is 0.226 e. The Balaban J connectivity index is 1.49. The Labute approximate surface area is 158 Å². The third-order valence-electron chi connectivity index (χ3n) is 4.44. The number of likely N-dealkylation sites (tertiary alicyclic amines) is 1. The van der Waals surface area contributed by atoms with Crippen LogP contribution in [0.3, 0.4) is 0 Å². The Morgan fingerprint density at radius 1 is 1.23 bits per heavy atom. The molecule has 140 valence electrons. The van der Waals surface area contributed by atoms with Crippen molar-refractivity contribution in [3.63, 3.8) is 0 Å². The molecule has 1 aliphatic heterocycles. The number of hydrogen-bond acceptors (Lipinski definition) is 6. The molecule has 6 nitrogen and oxygen atoms in total. The highest BCUT2D eigenvalue weighted by Gasteiger charge is 2.14. The van der Waals surface area contributed by atoms with Gasteiger partial charge in [0.2, 0.25) is 5.91 Å². The average molecular weight is 375 g/mol. The van der Waals surface area contributed by atoms with E-state index in [1.165, 1.54) is 12.8 Å². The van der Waals surface area contributed by atoms with Crippen molar-refractivity contribution in [1.29, 1.82) is 0 Å². The number of carbonyl (C=O) groups is 1. The number of hydrogen-bond donors (Lipinski definition) is 1. The monoisotopic (exact) mass is 375 g/mol. The number of nitrogens with one attached hydrogen (secondary N) is 1. The van der Waals surface area contributed by atoms with Crippen LogP contribution >= 0.6 is 11.3 Å². The summed E-state index contributed by atoms with van der Waals surface area (Å²) >= 11 is 1.64. The molecule has 3 rings (SSSR count). The number of aromatic nitrogens is 1.